The summed E-state index contributed by atoms with van der Waals surface area (Å²) in [5.41, 5.74) is 30.4. The Hall–Kier alpha value is -3.39. The topological polar surface area (TPSA) is 0 Å². The molecule has 0 aliphatic heterocycles. The Morgan fingerprint density at radius 3 is 0.856 bits per heavy atom. The fourth-order valence-electron chi connectivity index (χ4n) is 13.2. The van der Waals surface area contributed by atoms with Gasteiger partial charge in [0.05, 0.1) is 0 Å². The van der Waals surface area contributed by atoms with Gasteiger partial charge in [-0.3, -0.25) is 0 Å². The molecule has 17 rings (SSSR count). The Kier molecular flexibility index (Phi) is 39.4. The first-order valence-electron chi connectivity index (χ1n) is 36.7. The summed E-state index contributed by atoms with van der Waals surface area (Å²) in [6.45, 7) is 32.0. The molecule has 0 saturated carbocycles. The van der Waals surface area contributed by atoms with Gasteiger partial charge in [-0.1, -0.05) is 70.7 Å². The summed E-state index contributed by atoms with van der Waals surface area (Å²) in [6.07, 6.45) is 11.7. The number of terminal acetylenes is 2. The third-order valence-electron chi connectivity index (χ3n) is 18.2. The van der Waals surface area contributed by atoms with E-state index in [0.29, 0.717) is 102 Å². The van der Waals surface area contributed by atoms with Crippen LogP contribution in [0.4, 0.5) is 0 Å². The van der Waals surface area contributed by atoms with Crippen molar-refractivity contribution >= 4 is 259 Å². The molecule has 0 saturated heterocycles. The Labute approximate surface area is 833 Å². The van der Waals surface area contributed by atoms with E-state index in [1.165, 1.54) is 127 Å². The third kappa shape index (κ3) is 25.3. The van der Waals surface area contributed by atoms with Crippen LogP contribution in [0, 0.1) is 97.9 Å². The molecule has 0 bridgehead atoms. The van der Waals surface area contributed by atoms with Crippen LogP contribution >= 0.6 is 41.6 Å². The molecule has 118 heavy (non-hydrogen) atoms. The molecule has 0 nitrogen and oxygen atoms in total. The van der Waals surface area contributed by atoms with Crippen LogP contribution in [0.15, 0.2) is 222 Å². The molecule has 588 valence electrons. The monoisotopic (exact) mass is 2380 g/mol. The number of fused-ring (bicyclic) bond motifs is 12. The second-order valence-electron chi connectivity index (χ2n) is 31.2. The van der Waals surface area contributed by atoms with E-state index in [4.69, 9.17) is 22.5 Å². The van der Waals surface area contributed by atoms with Crippen LogP contribution in [-0.2, 0) is 37.7 Å². The standard InChI is InChI=1S/C28H28Se2Si2.C24H16Se2.C22H12Se2.C20H22Br2Si2.C4H3Se.CH4.CH3.ClH.FH.K.Pd.Zn/c1-31(2,3)17-13-27-23(21-11-15-29-19-21)7-10-26-25(27)9-8-24(22-12-16-30-20-22)28(26)14-18-32(4,5)6;1-13-11-21-19-5-3-16-15(17(19)7-9-23(21)25-13)4-6-20-18(16)8-10-24-22(20)12-14(2)26-24;1-3-17-19(15-9-11-23-13-15)5-8-22-18(4-2)20(6-7-21(17)22)16-10-12-24-14-16;1-23(2,3)13-11-17-15-7-10-20(22)18(12-14-24(4,5)6)16(15)8-9-19(17)21;1-2-4-5-3-1;;;;;;;/h7-12,15-16,19-20H,1-6H3;3-12H,1-2H3;1-2,5-14H;7-10H,1-6H3;1,3-4H;1H4;1H3;2*1H;;;/q;;;;-1;;-1;;;+1;;+2/p-2. The van der Waals surface area contributed by atoms with E-state index in [9.17, 15) is 0 Å². The normalized spacial score (nSPS) is 10.7. The average molecular weight is 2380 g/mol. The van der Waals surface area contributed by atoms with Crippen molar-refractivity contribution in [2.24, 2.45) is 0 Å². The van der Waals surface area contributed by atoms with Crippen molar-refractivity contribution in [3.63, 3.8) is 0 Å². The van der Waals surface area contributed by atoms with Crippen molar-refractivity contribution in [1.29, 1.82) is 0 Å². The second kappa shape index (κ2) is 45.7. The number of rotatable bonds is 4. The summed E-state index contributed by atoms with van der Waals surface area (Å²) in [5.74, 6) is 19.9. The maximum absolute atomic E-state index is 5.87. The number of halogens is 4. The van der Waals surface area contributed by atoms with Gasteiger partial charge >= 0.3 is 641 Å². The predicted molar refractivity (Wildman–Crippen MR) is 532 cm³/mol. The number of hydrogen-bond donors (Lipinski definition) is 0. The van der Waals surface area contributed by atoms with Crippen LogP contribution in [0.3, 0.4) is 0 Å². The van der Waals surface area contributed by atoms with Crippen LogP contribution in [0.1, 0.15) is 49.7 Å². The minimum atomic E-state index is -1.51. The molecule has 0 amide bonds. The zero-order chi connectivity index (χ0) is 80.5. The van der Waals surface area contributed by atoms with E-state index in [2.05, 4.69) is 395 Å². The van der Waals surface area contributed by atoms with E-state index in [0.717, 1.165) is 70.4 Å². The molecule has 0 N–H and O–H groups in total. The number of aryl methyl sites for hydroxylation is 2. The van der Waals surface area contributed by atoms with Crippen molar-refractivity contribution in [2.75, 3.05) is 0 Å². The Morgan fingerprint density at radius 1 is 0.347 bits per heavy atom. The molecule has 0 radical (unpaired) electrons. The van der Waals surface area contributed by atoms with Gasteiger partial charge in [0.25, 0.3) is 0 Å². The van der Waals surface area contributed by atoms with Crippen LogP contribution < -0.4 is 56.1 Å². The van der Waals surface area contributed by atoms with Gasteiger partial charge < -0.3 is 12.1 Å². The summed E-state index contributed by atoms with van der Waals surface area (Å²) >= 11 is 11.6. The molecule has 10 aromatic carbocycles. The first-order valence-corrected chi connectivity index (χ1v) is 69.5. The molecule has 0 unspecified atom stereocenters. The molecule has 17 aromatic rings. The van der Waals surface area contributed by atoms with Gasteiger partial charge in [0.1, 0.15) is 16.1 Å². The van der Waals surface area contributed by atoms with E-state index in [1.807, 2.05) is 6.07 Å². The third-order valence-corrected chi connectivity index (χ3v) is 34.2. The van der Waals surface area contributed by atoms with Crippen molar-refractivity contribution in [3.8, 4) is 115 Å². The molecule has 0 fully saturated rings. The Balaban J connectivity index is 0.000000209. The molecule has 18 heteroatoms. The SMILES string of the molecule is C.C#Cc1c(-c2cc[se]c2)ccc2c(C#C)c(-c3cc[se]c3)ccc12.C[Si](C)(C)C#Cc1c(-c2cc[se]c2)ccc2c(C#C[Si](C)(C)C)c(-c3cc[se]c3)ccc12.C[Si](C)(C)C#Cc1c(Br)ccc2c(C#C[Si](C)(C)C)c(Br)ccc12.Cc1cc2c(ccc3c2ccc2c4ccc5[se]c(C)cc5c4ccc32)[se]1.[CH3-].[Cl][Zn+].[F-].[K+].[Pd].[c-]1cc[se]c1. The molecule has 0 atom stereocenters. The van der Waals surface area contributed by atoms with Gasteiger partial charge in [-0.25, -0.2) is 0 Å². The molecular formula is C100H88Br2ClFKPdSe7Si4Zn-. The fraction of sp³-hybridized carbons (Fsp3) is 0.150. The van der Waals surface area contributed by atoms with Gasteiger partial charge in [-0.05, 0) is 54.8 Å². The summed E-state index contributed by atoms with van der Waals surface area (Å²) in [6, 6.07) is 63.4. The van der Waals surface area contributed by atoms with E-state index in [-0.39, 0.29) is 91.4 Å². The molecule has 7 heterocycles. The fourth-order valence-corrected chi connectivity index (χ4v) is 26.3. The van der Waals surface area contributed by atoms with Crippen LogP contribution in [0.2, 0.25) is 78.6 Å². The van der Waals surface area contributed by atoms with Gasteiger partial charge in [0.2, 0.25) is 0 Å². The van der Waals surface area contributed by atoms with Gasteiger partial charge in [0.15, 0.2) is 0 Å². The molecule has 0 spiro atoms. The van der Waals surface area contributed by atoms with E-state index < -0.39 is 32.3 Å². The molecule has 7 aromatic heterocycles. The molecule has 0 aliphatic carbocycles. The maximum atomic E-state index is 5.87. The summed E-state index contributed by atoms with van der Waals surface area (Å²) in [5, 5.41) is 18.2. The second-order valence-corrected chi connectivity index (χ2v) is 65.5. The minimum absolute atomic E-state index is 0. The van der Waals surface area contributed by atoms with Crippen molar-refractivity contribution in [3.05, 3.63) is 278 Å². The zero-order valence-corrected chi connectivity index (χ0v) is 96.0. The summed E-state index contributed by atoms with van der Waals surface area (Å²) in [4.78, 5) is 22.5. The van der Waals surface area contributed by atoms with Crippen LogP contribution in [0.25, 0.3) is 128 Å². The first kappa shape index (κ1) is 102. The van der Waals surface area contributed by atoms with E-state index >= 15 is 0 Å². The van der Waals surface area contributed by atoms with Gasteiger partial charge in [-0.15, -0.1) is 11.1 Å². The molecule has 0 aliphatic rings. The Bertz CT molecular complexity index is 6330. The zero-order valence-electron chi connectivity index (χ0n) is 68.4. The van der Waals surface area contributed by atoms with Crippen molar-refractivity contribution < 1.29 is 93.8 Å². The Morgan fingerprint density at radius 2 is 0.602 bits per heavy atom. The average Bonchev–Trinajstić information content (AvgIpc) is 1.41. The number of hydrogen-bond acceptors (Lipinski definition) is 0. The predicted octanol–water partition coefficient (Wildman–Crippen LogP) is 20.3. The quantitative estimate of drug-likeness (QED) is 0.0713. The first-order chi connectivity index (χ1) is 54.1. The summed E-state index contributed by atoms with van der Waals surface area (Å²) < 4.78 is 8.21. The van der Waals surface area contributed by atoms with E-state index in [1.54, 1.807) is 0 Å². The van der Waals surface area contributed by atoms with Gasteiger partial charge in [0, 0.05) is 40.5 Å². The molecular weight excluding hydrogens is 2290 g/mol. The van der Waals surface area contributed by atoms with Gasteiger partial charge in [-0.2, -0.15) is 0 Å². The van der Waals surface area contributed by atoms with Crippen molar-refractivity contribution in [1.82, 2.24) is 0 Å². The van der Waals surface area contributed by atoms with Crippen LogP contribution in [-0.4, -0.2) is 134 Å². The number of benzene rings is 10. The van der Waals surface area contributed by atoms with Crippen molar-refractivity contribution in [2.45, 2.75) is 99.8 Å². The van der Waals surface area contributed by atoms with Crippen LogP contribution in [0.5, 0.6) is 0 Å². The summed E-state index contributed by atoms with van der Waals surface area (Å²) in [7, 11) is -1.11.